The second kappa shape index (κ2) is 7.60. The van der Waals surface area contributed by atoms with Crippen molar-refractivity contribution in [2.24, 2.45) is 11.3 Å². The van der Waals surface area contributed by atoms with Crippen molar-refractivity contribution in [2.45, 2.75) is 47.0 Å². The Hall–Kier alpha value is -3.00. The molecule has 31 heavy (non-hydrogen) atoms. The Labute approximate surface area is 184 Å². The van der Waals surface area contributed by atoms with Crippen LogP contribution in [-0.4, -0.2) is 15.8 Å². The molecule has 2 aromatic heterocycles. The summed E-state index contributed by atoms with van der Waals surface area (Å²) < 4.78 is 0. The van der Waals surface area contributed by atoms with Crippen LogP contribution in [0, 0.1) is 28.4 Å². The maximum absolute atomic E-state index is 12.9. The summed E-state index contributed by atoms with van der Waals surface area (Å²) >= 11 is 1.26. The largest absolute Gasteiger partial charge is 0.397 e. The fourth-order valence-corrected chi connectivity index (χ4v) is 5.16. The standard InChI is InChI=1S/C23H26N4O3S/c1-12-5-7-15(11-18(12)27(29)30)25-21(28)20-19(24)16-10-13-9-14(23(2,3)4)6-8-17(13)26-22(16)31-20/h5,7,10-11,14H,6,8-9,24H2,1-4H3,(H,25,28). The van der Waals surface area contributed by atoms with E-state index in [0.29, 0.717) is 27.7 Å². The highest BCUT2D eigenvalue weighted by Crippen LogP contribution is 2.40. The molecule has 0 saturated heterocycles. The Kier molecular flexibility index (Phi) is 5.21. The highest BCUT2D eigenvalue weighted by atomic mass is 32.1. The zero-order valence-electron chi connectivity index (χ0n) is 18.1. The molecule has 0 saturated carbocycles. The molecule has 0 spiro atoms. The number of nitro groups is 1. The Bertz CT molecular complexity index is 1210. The highest BCUT2D eigenvalue weighted by Gasteiger charge is 2.30. The third-order valence-electron chi connectivity index (χ3n) is 6.18. The highest BCUT2D eigenvalue weighted by molar-refractivity contribution is 7.21. The molecule has 3 N–H and O–H groups in total. The molecular weight excluding hydrogens is 412 g/mol. The fourth-order valence-electron chi connectivity index (χ4n) is 4.17. The topological polar surface area (TPSA) is 111 Å². The van der Waals surface area contributed by atoms with Crippen LogP contribution < -0.4 is 11.1 Å². The van der Waals surface area contributed by atoms with Crippen LogP contribution in [0.5, 0.6) is 0 Å². The summed E-state index contributed by atoms with van der Waals surface area (Å²) in [6, 6.07) is 6.71. The number of nitrogens with one attached hydrogen (secondary N) is 1. The van der Waals surface area contributed by atoms with Crippen LogP contribution in [0.2, 0.25) is 0 Å². The molecule has 1 aliphatic carbocycles. The lowest BCUT2D eigenvalue weighted by atomic mass is 9.71. The molecular formula is C23H26N4O3S. The summed E-state index contributed by atoms with van der Waals surface area (Å²) in [4.78, 5) is 29.6. The first-order valence-corrected chi connectivity index (χ1v) is 11.1. The monoisotopic (exact) mass is 438 g/mol. The summed E-state index contributed by atoms with van der Waals surface area (Å²) in [5.74, 6) is 0.198. The number of anilines is 2. The molecule has 0 aliphatic heterocycles. The van der Waals surface area contributed by atoms with E-state index in [1.165, 1.54) is 23.0 Å². The minimum atomic E-state index is -0.460. The maximum atomic E-state index is 12.9. The number of aromatic nitrogens is 1. The molecule has 1 aromatic carbocycles. The number of fused-ring (bicyclic) bond motifs is 2. The van der Waals surface area contributed by atoms with Gasteiger partial charge in [-0.2, -0.15) is 0 Å². The Balaban J connectivity index is 1.65. The summed E-state index contributed by atoms with van der Waals surface area (Å²) in [6.07, 6.45) is 3.00. The Morgan fingerprint density at radius 1 is 1.32 bits per heavy atom. The predicted octanol–water partition coefficient (Wildman–Crippen LogP) is 5.50. The summed E-state index contributed by atoms with van der Waals surface area (Å²) in [5.41, 5.74) is 10.2. The van der Waals surface area contributed by atoms with Gasteiger partial charge in [0.25, 0.3) is 11.6 Å². The van der Waals surface area contributed by atoms with Gasteiger partial charge in [-0.05, 0) is 55.2 Å². The van der Waals surface area contributed by atoms with Gasteiger partial charge in [-0.1, -0.05) is 26.8 Å². The van der Waals surface area contributed by atoms with Crippen molar-refractivity contribution in [3.63, 3.8) is 0 Å². The summed E-state index contributed by atoms with van der Waals surface area (Å²) in [7, 11) is 0. The second-order valence-electron chi connectivity index (χ2n) is 9.31. The number of amides is 1. The van der Waals surface area contributed by atoms with Gasteiger partial charge in [-0.25, -0.2) is 4.98 Å². The second-order valence-corrected chi connectivity index (χ2v) is 10.3. The van der Waals surface area contributed by atoms with E-state index >= 15 is 0 Å². The molecule has 8 heteroatoms. The van der Waals surface area contributed by atoms with Crippen LogP contribution in [0.15, 0.2) is 24.3 Å². The zero-order chi connectivity index (χ0) is 22.5. The van der Waals surface area contributed by atoms with Gasteiger partial charge in [0.2, 0.25) is 0 Å². The molecule has 7 nitrogen and oxygen atoms in total. The molecule has 1 amide bonds. The number of carbonyl (C=O) groups excluding carboxylic acids is 1. The van der Waals surface area contributed by atoms with E-state index in [-0.39, 0.29) is 17.0 Å². The lowest BCUT2D eigenvalue weighted by molar-refractivity contribution is -0.385. The summed E-state index contributed by atoms with van der Waals surface area (Å²) in [6.45, 7) is 8.47. The van der Waals surface area contributed by atoms with E-state index in [4.69, 9.17) is 10.7 Å². The van der Waals surface area contributed by atoms with Crippen LogP contribution in [0.25, 0.3) is 10.2 Å². The number of nitrogen functional groups attached to an aromatic ring is 1. The number of nitrogens with two attached hydrogens (primary N) is 1. The van der Waals surface area contributed by atoms with Gasteiger partial charge in [-0.15, -0.1) is 11.3 Å². The average molecular weight is 439 g/mol. The maximum Gasteiger partial charge on any atom is 0.274 e. The number of hydrogen-bond acceptors (Lipinski definition) is 6. The number of pyridine rings is 1. The van der Waals surface area contributed by atoms with Crippen LogP contribution in [0.1, 0.15) is 53.7 Å². The van der Waals surface area contributed by atoms with Crippen LogP contribution in [-0.2, 0) is 12.8 Å². The van der Waals surface area contributed by atoms with Crippen molar-refractivity contribution in [1.82, 2.24) is 4.98 Å². The first-order chi connectivity index (χ1) is 14.5. The van der Waals surface area contributed by atoms with E-state index in [0.717, 1.165) is 35.2 Å². The van der Waals surface area contributed by atoms with Gasteiger partial charge in [0.1, 0.15) is 9.71 Å². The molecule has 0 bridgehead atoms. The van der Waals surface area contributed by atoms with E-state index in [1.54, 1.807) is 19.1 Å². The van der Waals surface area contributed by atoms with Crippen LogP contribution in [0.3, 0.4) is 0 Å². The molecule has 0 radical (unpaired) electrons. The fraction of sp³-hybridized carbons (Fsp3) is 0.391. The van der Waals surface area contributed by atoms with E-state index in [1.807, 2.05) is 0 Å². The number of thiophene rings is 1. The predicted molar refractivity (Wildman–Crippen MR) is 125 cm³/mol. The van der Waals surface area contributed by atoms with E-state index in [2.05, 4.69) is 32.2 Å². The molecule has 3 aromatic rings. The Morgan fingerprint density at radius 2 is 2.06 bits per heavy atom. The normalized spacial score (nSPS) is 16.2. The van der Waals surface area contributed by atoms with Crippen molar-refractivity contribution in [2.75, 3.05) is 11.1 Å². The molecule has 4 rings (SSSR count). The van der Waals surface area contributed by atoms with Crippen molar-refractivity contribution >= 4 is 44.5 Å². The third-order valence-corrected chi connectivity index (χ3v) is 7.29. The van der Waals surface area contributed by atoms with Crippen molar-refractivity contribution in [1.29, 1.82) is 0 Å². The number of benzene rings is 1. The average Bonchev–Trinajstić information content (AvgIpc) is 3.02. The first kappa shape index (κ1) is 21.2. The van der Waals surface area contributed by atoms with Gasteiger partial charge in [0.05, 0.1) is 10.6 Å². The lowest BCUT2D eigenvalue weighted by Gasteiger charge is -2.34. The quantitative estimate of drug-likeness (QED) is 0.414. The molecule has 1 aliphatic rings. The zero-order valence-corrected chi connectivity index (χ0v) is 18.9. The minimum Gasteiger partial charge on any atom is -0.397 e. The number of nitrogens with zero attached hydrogens (tertiary/aromatic N) is 2. The Morgan fingerprint density at radius 3 is 2.74 bits per heavy atom. The lowest BCUT2D eigenvalue weighted by Crippen LogP contribution is -2.27. The number of nitro benzene ring substituents is 1. The molecule has 1 atom stereocenters. The smallest absolute Gasteiger partial charge is 0.274 e. The van der Waals surface area contributed by atoms with Gasteiger partial charge >= 0.3 is 0 Å². The number of rotatable bonds is 3. The number of hydrogen-bond donors (Lipinski definition) is 2. The molecule has 162 valence electrons. The van der Waals surface area contributed by atoms with Crippen molar-refractivity contribution in [3.05, 3.63) is 56.1 Å². The van der Waals surface area contributed by atoms with Crippen molar-refractivity contribution < 1.29 is 9.72 Å². The number of carbonyl (C=O) groups is 1. The van der Waals surface area contributed by atoms with E-state index < -0.39 is 4.92 Å². The third kappa shape index (κ3) is 3.99. The molecule has 2 heterocycles. The van der Waals surface area contributed by atoms with Crippen molar-refractivity contribution in [3.8, 4) is 0 Å². The van der Waals surface area contributed by atoms with Crippen LogP contribution >= 0.6 is 11.3 Å². The minimum absolute atomic E-state index is 0.0372. The van der Waals surface area contributed by atoms with Gasteiger partial charge < -0.3 is 11.1 Å². The first-order valence-electron chi connectivity index (χ1n) is 10.3. The summed E-state index contributed by atoms with van der Waals surface area (Å²) in [5, 5.41) is 14.7. The van der Waals surface area contributed by atoms with Gasteiger partial charge in [0.15, 0.2) is 0 Å². The van der Waals surface area contributed by atoms with Gasteiger partial charge in [0, 0.05) is 28.4 Å². The van der Waals surface area contributed by atoms with Gasteiger partial charge in [-0.3, -0.25) is 14.9 Å². The number of aryl methyl sites for hydroxylation is 2. The molecule has 1 unspecified atom stereocenters. The SMILES string of the molecule is Cc1ccc(NC(=O)c2sc3nc4c(cc3c2N)CC(C(C)(C)C)CC4)cc1[N+](=O)[O-]. The molecule has 0 fully saturated rings. The van der Waals surface area contributed by atoms with Crippen LogP contribution in [0.4, 0.5) is 17.1 Å². The van der Waals surface area contributed by atoms with E-state index in [9.17, 15) is 14.9 Å².